The van der Waals surface area contributed by atoms with Crippen molar-refractivity contribution in [2.45, 2.75) is 51.4 Å². The van der Waals surface area contributed by atoms with E-state index < -0.39 is 0 Å². The van der Waals surface area contributed by atoms with E-state index in [1.54, 1.807) is 0 Å². The van der Waals surface area contributed by atoms with Gasteiger partial charge in [0.1, 0.15) is 0 Å². The van der Waals surface area contributed by atoms with Gasteiger partial charge in [-0.15, -0.1) is 0 Å². The van der Waals surface area contributed by atoms with E-state index in [1.165, 1.54) is 32.1 Å². The van der Waals surface area contributed by atoms with Crippen molar-refractivity contribution < 1.29 is 4.79 Å². The fourth-order valence-corrected chi connectivity index (χ4v) is 2.51. The summed E-state index contributed by atoms with van der Waals surface area (Å²) < 4.78 is 0. The normalized spacial score (nSPS) is 16.9. The van der Waals surface area contributed by atoms with Gasteiger partial charge in [-0.25, -0.2) is 0 Å². The summed E-state index contributed by atoms with van der Waals surface area (Å²) in [6.45, 7) is 0.873. The van der Waals surface area contributed by atoms with Gasteiger partial charge in [0.15, 0.2) is 0 Å². The van der Waals surface area contributed by atoms with E-state index in [0.717, 1.165) is 31.1 Å². The first kappa shape index (κ1) is 13.0. The van der Waals surface area contributed by atoms with Gasteiger partial charge in [0.2, 0.25) is 5.91 Å². The zero-order chi connectivity index (χ0) is 10.9. The number of rotatable bonds is 7. The van der Waals surface area contributed by atoms with Gasteiger partial charge in [0.05, 0.1) is 0 Å². The minimum Gasteiger partial charge on any atom is -0.356 e. The predicted octanol–water partition coefficient (Wildman–Crippen LogP) is 3.25. The van der Waals surface area contributed by atoms with Crippen molar-refractivity contribution in [3.63, 3.8) is 0 Å². The smallest absolute Gasteiger partial charge is 0.223 e. The van der Waals surface area contributed by atoms with Crippen LogP contribution in [0.1, 0.15) is 51.4 Å². The van der Waals surface area contributed by atoms with Crippen molar-refractivity contribution in [2.75, 3.05) is 11.9 Å². The van der Waals surface area contributed by atoms with Crippen LogP contribution in [0.4, 0.5) is 0 Å². The second-order valence-electron chi connectivity index (χ2n) is 4.38. The molecule has 1 aliphatic carbocycles. The highest BCUT2D eigenvalue weighted by Gasteiger charge is 2.21. The largest absolute Gasteiger partial charge is 0.356 e. The van der Waals surface area contributed by atoms with Gasteiger partial charge in [0.25, 0.3) is 0 Å². The van der Waals surface area contributed by atoms with E-state index in [-0.39, 0.29) is 0 Å². The molecule has 15 heavy (non-hydrogen) atoms. The van der Waals surface area contributed by atoms with E-state index in [0.29, 0.717) is 11.8 Å². The molecular formula is C12H22BrNO. The molecule has 2 nitrogen and oxygen atoms in total. The molecule has 0 aromatic carbocycles. The maximum absolute atomic E-state index is 11.6. The third kappa shape index (κ3) is 5.55. The molecule has 1 saturated carbocycles. The Kier molecular flexibility index (Phi) is 7.07. The third-order valence-electron chi connectivity index (χ3n) is 3.09. The SMILES string of the molecule is O=C(NCCCCCCBr)C1CCCC1. The Morgan fingerprint density at radius 2 is 1.80 bits per heavy atom. The summed E-state index contributed by atoms with van der Waals surface area (Å²) in [5, 5.41) is 4.15. The Morgan fingerprint density at radius 3 is 2.47 bits per heavy atom. The number of hydrogen-bond donors (Lipinski definition) is 1. The molecule has 0 aliphatic heterocycles. The van der Waals surface area contributed by atoms with Crippen LogP contribution in [0.3, 0.4) is 0 Å². The summed E-state index contributed by atoms with van der Waals surface area (Å²) in [4.78, 5) is 11.6. The number of nitrogens with one attached hydrogen (secondary N) is 1. The quantitative estimate of drug-likeness (QED) is 0.561. The molecule has 3 heteroatoms. The lowest BCUT2D eigenvalue weighted by Gasteiger charge is -2.09. The van der Waals surface area contributed by atoms with Crippen molar-refractivity contribution in [1.29, 1.82) is 0 Å². The van der Waals surface area contributed by atoms with Gasteiger partial charge < -0.3 is 5.32 Å². The Hall–Kier alpha value is -0.0500. The Labute approximate surface area is 101 Å². The number of unbranched alkanes of at least 4 members (excludes halogenated alkanes) is 3. The second kappa shape index (κ2) is 8.14. The summed E-state index contributed by atoms with van der Waals surface area (Å²) in [6.07, 6.45) is 9.57. The van der Waals surface area contributed by atoms with Crippen molar-refractivity contribution in [1.82, 2.24) is 5.32 Å². The van der Waals surface area contributed by atoms with Crippen LogP contribution in [-0.2, 0) is 4.79 Å². The van der Waals surface area contributed by atoms with Crippen LogP contribution >= 0.6 is 15.9 Å². The highest BCUT2D eigenvalue weighted by Crippen LogP contribution is 2.24. The summed E-state index contributed by atoms with van der Waals surface area (Å²) >= 11 is 3.42. The van der Waals surface area contributed by atoms with Crippen molar-refractivity contribution in [3.05, 3.63) is 0 Å². The van der Waals surface area contributed by atoms with Gasteiger partial charge in [-0.2, -0.15) is 0 Å². The fourth-order valence-electron chi connectivity index (χ4n) is 2.12. The average Bonchev–Trinajstić information content (AvgIpc) is 2.76. The van der Waals surface area contributed by atoms with Crippen molar-refractivity contribution >= 4 is 21.8 Å². The third-order valence-corrected chi connectivity index (χ3v) is 3.65. The Balaban J connectivity index is 1.92. The molecular weight excluding hydrogens is 254 g/mol. The van der Waals surface area contributed by atoms with E-state index in [2.05, 4.69) is 21.2 Å². The number of carbonyl (C=O) groups excluding carboxylic acids is 1. The Bertz CT molecular complexity index is 178. The first-order valence-corrected chi connectivity index (χ1v) is 7.30. The van der Waals surface area contributed by atoms with Crippen LogP contribution in [0.2, 0.25) is 0 Å². The zero-order valence-electron chi connectivity index (χ0n) is 9.43. The molecule has 88 valence electrons. The molecule has 0 radical (unpaired) electrons. The summed E-state index contributed by atoms with van der Waals surface area (Å²) in [5.41, 5.74) is 0. The molecule has 0 bridgehead atoms. The first-order chi connectivity index (χ1) is 7.34. The maximum atomic E-state index is 11.6. The highest BCUT2D eigenvalue weighted by molar-refractivity contribution is 9.09. The zero-order valence-corrected chi connectivity index (χ0v) is 11.0. The average molecular weight is 276 g/mol. The van der Waals surface area contributed by atoms with Crippen LogP contribution in [0.15, 0.2) is 0 Å². The van der Waals surface area contributed by atoms with Crippen LogP contribution in [0, 0.1) is 5.92 Å². The summed E-state index contributed by atoms with van der Waals surface area (Å²) in [6, 6.07) is 0. The molecule has 1 amide bonds. The predicted molar refractivity (Wildman–Crippen MR) is 67.2 cm³/mol. The van der Waals surface area contributed by atoms with Gasteiger partial charge in [-0.05, 0) is 25.7 Å². The standard InChI is InChI=1S/C12H22BrNO/c13-9-5-1-2-6-10-14-12(15)11-7-3-4-8-11/h11H,1-10H2,(H,14,15). The lowest BCUT2D eigenvalue weighted by molar-refractivity contribution is -0.124. The molecule has 0 spiro atoms. The van der Waals surface area contributed by atoms with Gasteiger partial charge in [0, 0.05) is 17.8 Å². The molecule has 1 N–H and O–H groups in total. The van der Waals surface area contributed by atoms with Crippen LogP contribution in [-0.4, -0.2) is 17.8 Å². The van der Waals surface area contributed by atoms with Crippen LogP contribution in [0.5, 0.6) is 0 Å². The van der Waals surface area contributed by atoms with Crippen LogP contribution in [0.25, 0.3) is 0 Å². The molecule has 0 atom stereocenters. The van der Waals surface area contributed by atoms with E-state index in [1.807, 2.05) is 0 Å². The molecule has 0 aromatic rings. The number of hydrogen-bond acceptors (Lipinski definition) is 1. The second-order valence-corrected chi connectivity index (χ2v) is 5.17. The van der Waals surface area contributed by atoms with Crippen molar-refractivity contribution in [2.24, 2.45) is 5.92 Å². The Morgan fingerprint density at radius 1 is 1.13 bits per heavy atom. The van der Waals surface area contributed by atoms with Crippen LogP contribution < -0.4 is 5.32 Å². The maximum Gasteiger partial charge on any atom is 0.223 e. The molecule has 0 aromatic heterocycles. The summed E-state index contributed by atoms with van der Waals surface area (Å²) in [5.74, 6) is 0.625. The fraction of sp³-hybridized carbons (Fsp3) is 0.917. The monoisotopic (exact) mass is 275 g/mol. The molecule has 1 aliphatic rings. The topological polar surface area (TPSA) is 29.1 Å². The minimum atomic E-state index is 0.299. The summed E-state index contributed by atoms with van der Waals surface area (Å²) in [7, 11) is 0. The minimum absolute atomic E-state index is 0.299. The number of amides is 1. The van der Waals surface area contributed by atoms with Gasteiger partial charge >= 0.3 is 0 Å². The molecule has 1 fully saturated rings. The molecule has 0 heterocycles. The van der Waals surface area contributed by atoms with E-state index in [4.69, 9.17) is 0 Å². The number of alkyl halides is 1. The lowest BCUT2D eigenvalue weighted by Crippen LogP contribution is -2.30. The van der Waals surface area contributed by atoms with E-state index in [9.17, 15) is 4.79 Å². The number of carbonyl (C=O) groups is 1. The van der Waals surface area contributed by atoms with E-state index >= 15 is 0 Å². The highest BCUT2D eigenvalue weighted by atomic mass is 79.9. The van der Waals surface area contributed by atoms with Crippen molar-refractivity contribution in [3.8, 4) is 0 Å². The number of halogens is 1. The van der Waals surface area contributed by atoms with Gasteiger partial charge in [-0.1, -0.05) is 41.6 Å². The first-order valence-electron chi connectivity index (χ1n) is 6.18. The molecule has 0 saturated heterocycles. The molecule has 1 rings (SSSR count). The lowest BCUT2D eigenvalue weighted by atomic mass is 10.1. The van der Waals surface area contributed by atoms with Gasteiger partial charge in [-0.3, -0.25) is 4.79 Å². The molecule has 0 unspecified atom stereocenters.